The number of hydrogen-bond acceptors (Lipinski definition) is 5. The second kappa shape index (κ2) is 7.19. The SMILES string of the molecule is COC(=O)[C@H]1[C@H]2C[C@H]3C4N=c5ccccc5=C4CCN3C[C@@H]2CC[C@@H]1O.Cl. The minimum absolute atomic E-state index is 0. The smallest absolute Gasteiger partial charge is 0.311 e. The molecule has 0 bridgehead atoms. The summed E-state index contributed by atoms with van der Waals surface area (Å²) in [5, 5.41) is 12.9. The molecule has 1 unspecified atom stereocenters. The monoisotopic (exact) mass is 390 g/mol. The van der Waals surface area contributed by atoms with Crippen LogP contribution in [0, 0.1) is 17.8 Å². The van der Waals surface area contributed by atoms with Crippen molar-refractivity contribution in [2.75, 3.05) is 20.2 Å². The Labute approximate surface area is 165 Å². The van der Waals surface area contributed by atoms with E-state index in [0.29, 0.717) is 18.4 Å². The Morgan fingerprint density at radius 3 is 2.93 bits per heavy atom. The van der Waals surface area contributed by atoms with Crippen LogP contribution >= 0.6 is 12.4 Å². The van der Waals surface area contributed by atoms with Gasteiger partial charge in [0.05, 0.1) is 30.5 Å². The van der Waals surface area contributed by atoms with E-state index in [1.165, 1.54) is 17.9 Å². The fourth-order valence-electron chi connectivity index (χ4n) is 5.95. The number of esters is 1. The lowest BCUT2D eigenvalue weighted by atomic mass is 9.64. The molecule has 0 radical (unpaired) electrons. The second-order valence-corrected chi connectivity index (χ2v) is 8.28. The van der Waals surface area contributed by atoms with E-state index >= 15 is 0 Å². The van der Waals surface area contributed by atoms with Crippen LogP contribution in [0.15, 0.2) is 29.3 Å². The van der Waals surface area contributed by atoms with E-state index in [9.17, 15) is 9.90 Å². The molecular formula is C21H27ClN2O3. The van der Waals surface area contributed by atoms with Crippen LogP contribution in [0.25, 0.3) is 5.57 Å². The third kappa shape index (κ3) is 2.91. The largest absolute Gasteiger partial charge is 0.469 e. The van der Waals surface area contributed by atoms with Gasteiger partial charge in [0.2, 0.25) is 0 Å². The van der Waals surface area contributed by atoms with Crippen molar-refractivity contribution in [2.45, 2.75) is 43.9 Å². The van der Waals surface area contributed by atoms with Gasteiger partial charge >= 0.3 is 5.97 Å². The van der Waals surface area contributed by atoms with Gasteiger partial charge in [-0.3, -0.25) is 14.7 Å². The second-order valence-electron chi connectivity index (χ2n) is 8.28. The summed E-state index contributed by atoms with van der Waals surface area (Å²) in [7, 11) is 1.43. The van der Waals surface area contributed by atoms with Gasteiger partial charge < -0.3 is 9.84 Å². The van der Waals surface area contributed by atoms with Crippen molar-refractivity contribution in [3.8, 4) is 0 Å². The number of aliphatic hydroxyl groups is 1. The van der Waals surface area contributed by atoms with Crippen molar-refractivity contribution < 1.29 is 14.6 Å². The fraction of sp³-hybridized carbons (Fsp3) is 0.619. The normalized spacial score (nSPS) is 37.0. The molecule has 3 aliphatic heterocycles. The molecule has 0 spiro atoms. The fourth-order valence-corrected chi connectivity index (χ4v) is 5.95. The van der Waals surface area contributed by atoms with Crippen LogP contribution in [0.1, 0.15) is 25.7 Å². The molecule has 1 aliphatic carbocycles. The summed E-state index contributed by atoms with van der Waals surface area (Å²) in [6.07, 6.45) is 3.15. The summed E-state index contributed by atoms with van der Waals surface area (Å²) in [6.45, 7) is 2.10. The van der Waals surface area contributed by atoms with Crippen LogP contribution in [-0.4, -0.2) is 54.4 Å². The Morgan fingerprint density at radius 2 is 2.11 bits per heavy atom. The van der Waals surface area contributed by atoms with Crippen molar-refractivity contribution in [3.05, 3.63) is 34.8 Å². The number of nitrogens with zero attached hydrogens (tertiary/aromatic N) is 2. The Hall–Kier alpha value is -1.43. The van der Waals surface area contributed by atoms with Crippen molar-refractivity contribution in [2.24, 2.45) is 22.7 Å². The number of carbonyl (C=O) groups excluding carboxylic acids is 1. The number of rotatable bonds is 1. The summed E-state index contributed by atoms with van der Waals surface area (Å²) in [5.74, 6) is 0.0529. The lowest BCUT2D eigenvalue weighted by molar-refractivity contribution is -0.160. The summed E-state index contributed by atoms with van der Waals surface area (Å²) < 4.78 is 5.04. The Balaban J connectivity index is 0.00000180. The number of fused-ring (bicyclic) bond motifs is 5. The Kier molecular flexibility index (Phi) is 5.04. The molecule has 1 aromatic carbocycles. The highest BCUT2D eigenvalue weighted by Crippen LogP contribution is 2.46. The maximum Gasteiger partial charge on any atom is 0.311 e. The first kappa shape index (κ1) is 18.9. The summed E-state index contributed by atoms with van der Waals surface area (Å²) in [6, 6.07) is 9.00. The summed E-state index contributed by atoms with van der Waals surface area (Å²) in [5.41, 5.74) is 1.46. The first-order valence-corrected chi connectivity index (χ1v) is 9.83. The number of hydrogen-bond donors (Lipinski definition) is 1. The predicted molar refractivity (Wildman–Crippen MR) is 104 cm³/mol. The number of aliphatic hydroxyl groups excluding tert-OH is 1. The molecule has 2 saturated heterocycles. The summed E-state index contributed by atoms with van der Waals surface area (Å²) in [4.78, 5) is 20.0. The van der Waals surface area contributed by atoms with Gasteiger partial charge in [-0.1, -0.05) is 18.2 Å². The van der Waals surface area contributed by atoms with Gasteiger partial charge in [0.1, 0.15) is 0 Å². The van der Waals surface area contributed by atoms with Crippen molar-refractivity contribution in [1.82, 2.24) is 4.90 Å². The standard InChI is InChI=1S/C21H26N2O3.ClH/c1-26-21(25)19-15-10-17-20-14(13-4-2-3-5-16(13)22-20)8-9-23(17)11-12(15)6-7-18(19)24;/h2-5,12,15,17-20,24H,6-11H2,1H3;1H/t12-,15-,17-,18-,19-,20?;/m0./s1. The molecule has 6 heteroatoms. The third-order valence-electron chi connectivity index (χ3n) is 7.16. The van der Waals surface area contributed by atoms with Crippen LogP contribution < -0.4 is 10.6 Å². The molecule has 5 rings (SSSR count). The average molecular weight is 391 g/mol. The van der Waals surface area contributed by atoms with Crippen LogP contribution in [0.5, 0.6) is 0 Å². The molecule has 0 aromatic heterocycles. The summed E-state index contributed by atoms with van der Waals surface area (Å²) >= 11 is 0. The van der Waals surface area contributed by atoms with Gasteiger partial charge in [-0.2, -0.15) is 0 Å². The Morgan fingerprint density at radius 1 is 1.30 bits per heavy atom. The van der Waals surface area contributed by atoms with Gasteiger partial charge in [0.15, 0.2) is 0 Å². The molecule has 6 atom stereocenters. The highest BCUT2D eigenvalue weighted by atomic mass is 35.5. The average Bonchev–Trinajstić information content (AvgIpc) is 3.05. The molecule has 3 heterocycles. The van der Waals surface area contributed by atoms with Gasteiger partial charge in [0, 0.05) is 24.4 Å². The van der Waals surface area contributed by atoms with E-state index in [1.54, 1.807) is 0 Å². The maximum absolute atomic E-state index is 12.4. The predicted octanol–water partition coefficient (Wildman–Crippen LogP) is 0.915. The highest BCUT2D eigenvalue weighted by molar-refractivity contribution is 5.85. The van der Waals surface area contributed by atoms with Crippen LogP contribution in [0.3, 0.4) is 0 Å². The number of piperidine rings is 2. The number of halogens is 1. The zero-order valence-corrected chi connectivity index (χ0v) is 16.4. The molecular weight excluding hydrogens is 364 g/mol. The van der Waals surface area contributed by atoms with Crippen LogP contribution in [-0.2, 0) is 9.53 Å². The maximum atomic E-state index is 12.4. The van der Waals surface area contributed by atoms with E-state index in [4.69, 9.17) is 9.73 Å². The number of carbonyl (C=O) groups is 1. The number of para-hydroxylation sites is 1. The number of ether oxygens (including phenoxy) is 1. The van der Waals surface area contributed by atoms with Crippen LogP contribution in [0.4, 0.5) is 0 Å². The number of benzene rings is 1. The van der Waals surface area contributed by atoms with Gasteiger partial charge in [-0.15, -0.1) is 12.4 Å². The van der Waals surface area contributed by atoms with Gasteiger partial charge in [-0.25, -0.2) is 0 Å². The minimum Gasteiger partial charge on any atom is -0.469 e. The molecule has 0 amide bonds. The van der Waals surface area contributed by atoms with Gasteiger partial charge in [-0.05, 0) is 49.2 Å². The lowest BCUT2D eigenvalue weighted by Crippen LogP contribution is -2.59. The van der Waals surface area contributed by atoms with E-state index in [0.717, 1.165) is 37.7 Å². The molecule has 3 fully saturated rings. The zero-order valence-electron chi connectivity index (χ0n) is 15.6. The first-order chi connectivity index (χ1) is 12.7. The van der Waals surface area contributed by atoms with E-state index < -0.39 is 6.10 Å². The Bertz CT molecular complexity index is 857. The molecule has 27 heavy (non-hydrogen) atoms. The molecule has 146 valence electrons. The van der Waals surface area contributed by atoms with Crippen molar-refractivity contribution in [1.29, 1.82) is 0 Å². The molecule has 1 saturated carbocycles. The quantitative estimate of drug-likeness (QED) is 0.724. The molecule has 1 aromatic rings. The van der Waals surface area contributed by atoms with E-state index in [2.05, 4.69) is 29.2 Å². The highest BCUT2D eigenvalue weighted by Gasteiger charge is 2.51. The van der Waals surface area contributed by atoms with E-state index in [-0.39, 0.29) is 36.3 Å². The molecule has 4 aliphatic rings. The molecule has 1 N–H and O–H groups in total. The van der Waals surface area contributed by atoms with Gasteiger partial charge in [0.25, 0.3) is 0 Å². The zero-order chi connectivity index (χ0) is 17.8. The van der Waals surface area contributed by atoms with E-state index in [1.807, 2.05) is 0 Å². The number of methoxy groups -OCH3 is 1. The van der Waals surface area contributed by atoms with Crippen molar-refractivity contribution >= 4 is 23.9 Å². The first-order valence-electron chi connectivity index (χ1n) is 9.83. The van der Waals surface area contributed by atoms with Crippen molar-refractivity contribution in [3.63, 3.8) is 0 Å². The molecule has 5 nitrogen and oxygen atoms in total. The topological polar surface area (TPSA) is 62.1 Å². The van der Waals surface area contributed by atoms with Crippen LogP contribution in [0.2, 0.25) is 0 Å². The lowest BCUT2D eigenvalue weighted by Gasteiger charge is -2.52. The minimum atomic E-state index is -0.569. The third-order valence-corrected chi connectivity index (χ3v) is 7.16.